The number of benzene rings is 4. The van der Waals surface area contributed by atoms with Crippen LogP contribution in [-0.4, -0.2) is 145 Å². The van der Waals surface area contributed by atoms with Crippen LogP contribution >= 0.6 is 0 Å². The molecule has 0 spiro atoms. The van der Waals surface area contributed by atoms with Crippen molar-refractivity contribution >= 4 is 33.9 Å². The summed E-state index contributed by atoms with van der Waals surface area (Å²) in [7, 11) is 0. The van der Waals surface area contributed by atoms with Crippen molar-refractivity contribution < 1.29 is 114 Å². The number of esters is 1. The molecule has 14 N–H and O–H groups in total. The van der Waals surface area contributed by atoms with E-state index in [2.05, 4.69) is 0 Å². The Labute approximate surface area is 369 Å². The van der Waals surface area contributed by atoms with Crippen LogP contribution in [0, 0.1) is 0 Å². The van der Waals surface area contributed by atoms with Gasteiger partial charge < -0.3 is 104 Å². The SMILES string of the molecule is O=C(Oc1cc(O)cc2oc(-c3ccc(O)c(O)c3)c(OC3O[C@H](C(=O)O)[C@@H](O)[C@H](O)[C@H]3O)c(=O)c12)[C@H]1O[C@@H](Oc2c(-c3ccc(O)c(O)c3)oc3cc(O)cc(O)c3c2=O)[C@H](O)[C@@H](O)[C@@H]1O. The van der Waals surface area contributed by atoms with Crippen LogP contribution in [0.25, 0.3) is 44.6 Å². The number of aliphatic hydroxyl groups is 6. The molecule has 10 atom stereocenters. The van der Waals surface area contributed by atoms with E-state index in [4.69, 9.17) is 32.5 Å². The molecule has 6 aromatic rings. The van der Waals surface area contributed by atoms with E-state index in [1.807, 2.05) is 0 Å². The normalized spacial score (nSPS) is 25.2. The molecule has 2 aliphatic rings. The largest absolute Gasteiger partial charge is 0.508 e. The number of aliphatic hydroxyl groups excluding tert-OH is 6. The first-order valence-corrected chi connectivity index (χ1v) is 19.2. The quantitative estimate of drug-likeness (QED) is 0.0481. The molecule has 0 aliphatic carbocycles. The Morgan fingerprint density at radius 2 is 0.940 bits per heavy atom. The molecule has 0 saturated carbocycles. The van der Waals surface area contributed by atoms with Crippen LogP contribution in [0.2, 0.25) is 0 Å². The van der Waals surface area contributed by atoms with E-state index in [0.717, 1.165) is 54.6 Å². The van der Waals surface area contributed by atoms with Gasteiger partial charge in [-0.2, -0.15) is 0 Å². The minimum atomic E-state index is -2.42. The van der Waals surface area contributed by atoms with Crippen molar-refractivity contribution in [2.45, 2.75) is 61.4 Å². The van der Waals surface area contributed by atoms with Gasteiger partial charge in [0.1, 0.15) is 81.6 Å². The second-order valence-corrected chi connectivity index (χ2v) is 15.0. The van der Waals surface area contributed by atoms with E-state index in [1.165, 1.54) is 0 Å². The lowest BCUT2D eigenvalue weighted by atomic mass is 9.98. The van der Waals surface area contributed by atoms with Crippen LogP contribution in [0.3, 0.4) is 0 Å². The molecule has 8 rings (SSSR count). The number of carboxylic acids is 1. The number of hydrogen-bond donors (Lipinski definition) is 14. The summed E-state index contributed by atoms with van der Waals surface area (Å²) >= 11 is 0. The van der Waals surface area contributed by atoms with Crippen molar-refractivity contribution in [3.05, 3.63) is 81.1 Å². The van der Waals surface area contributed by atoms with Gasteiger partial charge in [-0.1, -0.05) is 0 Å². The minimum absolute atomic E-state index is 0.197. The van der Waals surface area contributed by atoms with Crippen LogP contribution in [0.15, 0.2) is 79.1 Å². The van der Waals surface area contributed by atoms with E-state index in [0.29, 0.717) is 6.07 Å². The summed E-state index contributed by atoms with van der Waals surface area (Å²) in [5.41, 5.74) is -4.11. The first-order valence-electron chi connectivity index (χ1n) is 19.2. The highest BCUT2D eigenvalue weighted by Crippen LogP contribution is 2.42. The predicted molar refractivity (Wildman–Crippen MR) is 215 cm³/mol. The maximum atomic E-state index is 14.5. The van der Waals surface area contributed by atoms with Crippen LogP contribution in [0.1, 0.15) is 0 Å². The van der Waals surface area contributed by atoms with Crippen LogP contribution in [-0.2, 0) is 19.1 Å². The highest BCUT2D eigenvalue weighted by Gasteiger charge is 2.51. The molecule has 25 nitrogen and oxygen atoms in total. The van der Waals surface area contributed by atoms with Crippen molar-refractivity contribution in [3.8, 4) is 80.1 Å². The van der Waals surface area contributed by atoms with E-state index < -0.39 is 175 Å². The van der Waals surface area contributed by atoms with Gasteiger partial charge in [-0.15, -0.1) is 0 Å². The van der Waals surface area contributed by atoms with Gasteiger partial charge in [0.25, 0.3) is 0 Å². The summed E-state index contributed by atoms with van der Waals surface area (Å²) in [6.07, 6.45) is -23.0. The molecule has 2 aliphatic heterocycles. The maximum absolute atomic E-state index is 14.5. The third-order valence-electron chi connectivity index (χ3n) is 10.6. The number of hydrogen-bond acceptors (Lipinski definition) is 24. The van der Waals surface area contributed by atoms with E-state index in [1.54, 1.807) is 0 Å². The molecule has 0 radical (unpaired) electrons. The van der Waals surface area contributed by atoms with E-state index in [9.17, 15) is 90.7 Å². The number of aromatic hydroxyl groups is 7. The number of phenolic OH excluding ortho intramolecular Hbond substituents is 7. The van der Waals surface area contributed by atoms with E-state index in [-0.39, 0.29) is 11.1 Å². The average molecular weight is 939 g/mol. The zero-order chi connectivity index (χ0) is 48.5. The molecule has 2 aromatic heterocycles. The second kappa shape index (κ2) is 17.2. The standard InChI is InChI=1S/C42H34O25/c43-13-7-19(49)23-20(8-13)61-33(11-1-3-15(45)17(47)5-11)35(25(23)50)64-42-32(57)28(53)30(55)38(67-42)40(60)63-22-10-14(44)9-21-24(22)26(51)36(34(62-21)12-2-4-16(46)18(48)6-12)65-41-31(56)27(52)29(54)37(66-41)39(58)59/h1-10,27-32,37-38,41-49,52-57H,(H,58,59)/t27-,28-,29-,30-,31+,32+,37-,38-,41?,42+/m0/s1. The fourth-order valence-corrected chi connectivity index (χ4v) is 7.21. The molecule has 1 unspecified atom stereocenters. The van der Waals surface area contributed by atoms with Gasteiger partial charge in [-0.3, -0.25) is 9.59 Å². The molecule has 4 heterocycles. The maximum Gasteiger partial charge on any atom is 0.343 e. The van der Waals surface area contributed by atoms with E-state index >= 15 is 0 Å². The number of phenols is 7. The van der Waals surface area contributed by atoms with Crippen molar-refractivity contribution in [2.24, 2.45) is 0 Å². The monoisotopic (exact) mass is 938 g/mol. The van der Waals surface area contributed by atoms with Crippen LogP contribution in [0.4, 0.5) is 0 Å². The summed E-state index contributed by atoms with van der Waals surface area (Å²) < 4.78 is 38.9. The number of carbonyl (C=O) groups excluding carboxylic acids is 1. The van der Waals surface area contributed by atoms with Crippen LogP contribution < -0.4 is 25.1 Å². The highest BCUT2D eigenvalue weighted by molar-refractivity contribution is 5.92. The molecular weight excluding hydrogens is 904 g/mol. The molecule has 0 bridgehead atoms. The number of fused-ring (bicyclic) bond motifs is 2. The predicted octanol–water partition coefficient (Wildman–Crippen LogP) is -0.764. The number of aliphatic carboxylic acids is 1. The third-order valence-corrected chi connectivity index (χ3v) is 10.6. The number of ether oxygens (including phenoxy) is 5. The van der Waals surface area contributed by atoms with Gasteiger partial charge in [-0.05, 0) is 36.4 Å². The Hall–Kier alpha value is -7.88. The minimum Gasteiger partial charge on any atom is -0.508 e. The third kappa shape index (κ3) is 8.12. The Morgan fingerprint density at radius 3 is 1.43 bits per heavy atom. The fourth-order valence-electron chi connectivity index (χ4n) is 7.21. The zero-order valence-electron chi connectivity index (χ0n) is 33.3. The lowest BCUT2D eigenvalue weighted by Crippen LogP contribution is -2.62. The summed E-state index contributed by atoms with van der Waals surface area (Å²) in [6.45, 7) is 0. The fraction of sp³-hybridized carbons (Fsp3) is 0.238. The number of carbonyl (C=O) groups is 2. The summed E-state index contributed by atoms with van der Waals surface area (Å²) in [5.74, 6) is -12.6. The average Bonchev–Trinajstić information content (AvgIpc) is 3.26. The Morgan fingerprint density at radius 1 is 0.493 bits per heavy atom. The molecule has 352 valence electrons. The van der Waals surface area contributed by atoms with Crippen molar-refractivity contribution in [2.75, 3.05) is 0 Å². The highest BCUT2D eigenvalue weighted by atomic mass is 16.7. The first kappa shape index (κ1) is 45.7. The molecule has 4 aromatic carbocycles. The lowest BCUT2D eigenvalue weighted by Gasteiger charge is -2.39. The summed E-state index contributed by atoms with van der Waals surface area (Å²) in [5, 5.41) is 144. The van der Waals surface area contributed by atoms with Crippen LogP contribution in [0.5, 0.6) is 57.5 Å². The Balaban J connectivity index is 1.19. The van der Waals surface area contributed by atoms with Crippen molar-refractivity contribution in [1.29, 1.82) is 0 Å². The van der Waals surface area contributed by atoms with Gasteiger partial charge in [0.05, 0.1) is 0 Å². The van der Waals surface area contributed by atoms with Crippen molar-refractivity contribution in [1.82, 2.24) is 0 Å². The second-order valence-electron chi connectivity index (χ2n) is 15.0. The van der Waals surface area contributed by atoms with Crippen molar-refractivity contribution in [3.63, 3.8) is 0 Å². The smallest absolute Gasteiger partial charge is 0.343 e. The molecule has 2 saturated heterocycles. The van der Waals surface area contributed by atoms with Gasteiger partial charge >= 0.3 is 11.9 Å². The summed E-state index contributed by atoms with van der Waals surface area (Å²) in [6, 6.07) is 9.08. The van der Waals surface area contributed by atoms with Gasteiger partial charge in [0.15, 0.2) is 46.7 Å². The van der Waals surface area contributed by atoms with Gasteiger partial charge in [0, 0.05) is 35.4 Å². The first-order chi connectivity index (χ1) is 31.6. The molecular formula is C42H34O25. The van der Waals surface area contributed by atoms with Gasteiger partial charge in [-0.25, -0.2) is 9.59 Å². The zero-order valence-corrected chi connectivity index (χ0v) is 33.3. The molecule has 67 heavy (non-hydrogen) atoms. The lowest BCUT2D eigenvalue weighted by molar-refractivity contribution is -0.271. The topological polar surface area (TPSA) is 424 Å². The molecule has 2 fully saturated rings. The molecule has 25 heteroatoms. The number of carboxylic acid groups (broad SMARTS) is 1. The number of rotatable bonds is 9. The Bertz CT molecular complexity index is 3090. The van der Waals surface area contributed by atoms with Gasteiger partial charge in [0.2, 0.25) is 34.9 Å². The summed E-state index contributed by atoms with van der Waals surface area (Å²) in [4.78, 5) is 54.2. The Kier molecular flexibility index (Phi) is 11.7. The molecule has 0 amide bonds.